The summed E-state index contributed by atoms with van der Waals surface area (Å²) >= 11 is 0. The Morgan fingerprint density at radius 3 is 2.50 bits per heavy atom. The average Bonchev–Trinajstić information content (AvgIpc) is 2.61. The topological polar surface area (TPSA) is 0 Å². The van der Waals surface area contributed by atoms with Crippen LogP contribution in [0.3, 0.4) is 0 Å². The summed E-state index contributed by atoms with van der Waals surface area (Å²) in [6.07, 6.45) is 6.89. The standard InChI is InChI=1S/C15H19.Hf/c1-5-10(2)14-7-6-13-8-11(3)12(4)9-15(13)14;/h6,8-10,14H,5H2,1-4H3;/q-1;. The molecule has 1 heteroatoms. The number of hydrogen-bond acceptors (Lipinski definition) is 0. The normalized spacial score (nSPS) is 19.1. The molecule has 0 heterocycles. The molecule has 0 amide bonds. The molecule has 1 aliphatic carbocycles. The maximum atomic E-state index is 3.50. The Bertz CT molecular complexity index is 404. The van der Waals surface area contributed by atoms with Crippen LogP contribution in [0.15, 0.2) is 12.1 Å². The minimum atomic E-state index is 0. The molecule has 0 aromatic heterocycles. The van der Waals surface area contributed by atoms with Crippen LogP contribution in [0.5, 0.6) is 0 Å². The summed E-state index contributed by atoms with van der Waals surface area (Å²) in [7, 11) is 0. The Labute approximate surface area is 118 Å². The van der Waals surface area contributed by atoms with E-state index in [2.05, 4.69) is 52.0 Å². The Morgan fingerprint density at radius 2 is 1.88 bits per heavy atom. The maximum absolute atomic E-state index is 3.50. The molecule has 2 unspecified atom stereocenters. The van der Waals surface area contributed by atoms with Gasteiger partial charge < -0.3 is 0 Å². The molecule has 0 N–H and O–H groups in total. The second-order valence-corrected chi connectivity index (χ2v) is 4.74. The number of allylic oxidation sites excluding steroid dienone is 1. The zero-order valence-electron chi connectivity index (χ0n) is 10.6. The number of fused-ring (bicyclic) bond motifs is 1. The summed E-state index contributed by atoms with van der Waals surface area (Å²) in [5, 5.41) is 0. The first-order valence-electron chi connectivity index (χ1n) is 5.84. The van der Waals surface area contributed by atoms with Crippen molar-refractivity contribution in [2.45, 2.75) is 40.0 Å². The third-order valence-electron chi connectivity index (χ3n) is 3.67. The Morgan fingerprint density at radius 1 is 1.25 bits per heavy atom. The zero-order valence-corrected chi connectivity index (χ0v) is 14.2. The Hall–Kier alpha value is -0.170. The summed E-state index contributed by atoms with van der Waals surface area (Å²) in [5.41, 5.74) is 5.65. The van der Waals surface area contributed by atoms with Crippen molar-refractivity contribution in [3.63, 3.8) is 0 Å². The fraction of sp³-hybridized carbons (Fsp3) is 0.467. The van der Waals surface area contributed by atoms with Crippen molar-refractivity contribution in [1.29, 1.82) is 0 Å². The zero-order chi connectivity index (χ0) is 11.0. The minimum Gasteiger partial charge on any atom is -0.268 e. The summed E-state index contributed by atoms with van der Waals surface area (Å²) < 4.78 is 0. The van der Waals surface area contributed by atoms with Crippen molar-refractivity contribution < 1.29 is 25.8 Å². The number of benzene rings is 1. The van der Waals surface area contributed by atoms with Gasteiger partial charge in [0, 0.05) is 25.8 Å². The molecule has 2 rings (SSSR count). The van der Waals surface area contributed by atoms with Gasteiger partial charge in [-0.05, 0) is 13.8 Å². The molecule has 1 aliphatic rings. The molecule has 0 fully saturated rings. The van der Waals surface area contributed by atoms with Gasteiger partial charge in [0.15, 0.2) is 0 Å². The van der Waals surface area contributed by atoms with Crippen LogP contribution in [0.2, 0.25) is 0 Å². The Balaban J connectivity index is 0.00000128. The van der Waals surface area contributed by atoms with Crippen molar-refractivity contribution >= 4 is 6.08 Å². The predicted octanol–water partition coefficient (Wildman–Crippen LogP) is 4.26. The van der Waals surface area contributed by atoms with Crippen LogP contribution in [0, 0.1) is 25.8 Å². The molecule has 1 aromatic rings. The van der Waals surface area contributed by atoms with Gasteiger partial charge in [-0.2, -0.15) is 5.56 Å². The molecule has 0 spiro atoms. The SMILES string of the molecule is CCC(C)C1[C-]=Cc2cc(C)c(C)cc21.[Hf]. The first-order chi connectivity index (χ1) is 7.13. The van der Waals surface area contributed by atoms with Crippen LogP contribution in [-0.4, -0.2) is 0 Å². The minimum absolute atomic E-state index is 0. The van der Waals surface area contributed by atoms with E-state index in [4.69, 9.17) is 0 Å². The second kappa shape index (κ2) is 5.44. The van der Waals surface area contributed by atoms with E-state index < -0.39 is 0 Å². The largest absolute Gasteiger partial charge is 0.268 e. The smallest absolute Gasteiger partial charge is 0 e. The molecule has 84 valence electrons. The number of hydrogen-bond donors (Lipinski definition) is 0. The van der Waals surface area contributed by atoms with Crippen LogP contribution in [-0.2, 0) is 25.8 Å². The fourth-order valence-corrected chi connectivity index (χ4v) is 2.23. The quantitative estimate of drug-likeness (QED) is 0.533. The van der Waals surface area contributed by atoms with Gasteiger partial charge in [-0.3, -0.25) is 6.08 Å². The van der Waals surface area contributed by atoms with Gasteiger partial charge in [0.25, 0.3) is 0 Å². The van der Waals surface area contributed by atoms with E-state index in [1.165, 1.54) is 28.7 Å². The van der Waals surface area contributed by atoms with E-state index in [1.54, 1.807) is 0 Å². The maximum Gasteiger partial charge on any atom is 0 e. The van der Waals surface area contributed by atoms with Gasteiger partial charge in [-0.25, -0.2) is 6.08 Å². The van der Waals surface area contributed by atoms with E-state index in [0.717, 1.165) is 0 Å². The third kappa shape index (κ3) is 2.40. The molecule has 16 heavy (non-hydrogen) atoms. The molecular formula is C15H19Hf-. The second-order valence-electron chi connectivity index (χ2n) is 4.74. The molecular weight excluding hydrogens is 359 g/mol. The van der Waals surface area contributed by atoms with Gasteiger partial charge in [0.05, 0.1) is 0 Å². The van der Waals surface area contributed by atoms with Crippen molar-refractivity contribution in [3.05, 3.63) is 40.5 Å². The summed E-state index contributed by atoms with van der Waals surface area (Å²) in [5.74, 6) is 1.22. The summed E-state index contributed by atoms with van der Waals surface area (Å²) in [6.45, 7) is 8.95. The van der Waals surface area contributed by atoms with E-state index in [1.807, 2.05) is 0 Å². The van der Waals surface area contributed by atoms with Crippen LogP contribution < -0.4 is 0 Å². The Kier molecular flexibility index (Phi) is 4.73. The van der Waals surface area contributed by atoms with Crippen molar-refractivity contribution in [3.8, 4) is 0 Å². The monoisotopic (exact) mass is 379 g/mol. The van der Waals surface area contributed by atoms with Crippen LogP contribution in [0.25, 0.3) is 6.08 Å². The molecule has 0 saturated carbocycles. The van der Waals surface area contributed by atoms with Crippen molar-refractivity contribution in [2.24, 2.45) is 5.92 Å². The van der Waals surface area contributed by atoms with Gasteiger partial charge in [0.1, 0.15) is 0 Å². The molecule has 0 nitrogen and oxygen atoms in total. The molecule has 0 radical (unpaired) electrons. The van der Waals surface area contributed by atoms with E-state index in [-0.39, 0.29) is 25.8 Å². The summed E-state index contributed by atoms with van der Waals surface area (Å²) in [6, 6.07) is 4.64. The molecule has 2 atom stereocenters. The third-order valence-corrected chi connectivity index (χ3v) is 3.67. The molecule has 0 bridgehead atoms. The van der Waals surface area contributed by atoms with Crippen molar-refractivity contribution in [2.75, 3.05) is 0 Å². The van der Waals surface area contributed by atoms with E-state index >= 15 is 0 Å². The van der Waals surface area contributed by atoms with Gasteiger partial charge in [-0.1, -0.05) is 49.3 Å². The van der Waals surface area contributed by atoms with Gasteiger partial charge in [0.2, 0.25) is 0 Å². The molecule has 1 aromatic carbocycles. The van der Waals surface area contributed by atoms with Crippen molar-refractivity contribution in [1.82, 2.24) is 0 Å². The number of rotatable bonds is 2. The van der Waals surface area contributed by atoms with E-state index in [0.29, 0.717) is 11.8 Å². The predicted molar refractivity (Wildman–Crippen MR) is 65.8 cm³/mol. The molecule has 0 aliphatic heterocycles. The summed E-state index contributed by atoms with van der Waals surface area (Å²) in [4.78, 5) is 0. The van der Waals surface area contributed by atoms with Crippen LogP contribution >= 0.6 is 0 Å². The fourth-order valence-electron chi connectivity index (χ4n) is 2.23. The first-order valence-corrected chi connectivity index (χ1v) is 5.84. The average molecular weight is 378 g/mol. The van der Waals surface area contributed by atoms with Gasteiger partial charge >= 0.3 is 0 Å². The van der Waals surface area contributed by atoms with Crippen LogP contribution in [0.1, 0.15) is 48.4 Å². The molecule has 0 saturated heterocycles. The van der Waals surface area contributed by atoms with E-state index in [9.17, 15) is 0 Å². The van der Waals surface area contributed by atoms with Gasteiger partial charge in [-0.15, -0.1) is 11.6 Å². The first kappa shape index (κ1) is 13.9. The number of aryl methyl sites for hydroxylation is 2. The van der Waals surface area contributed by atoms with Crippen LogP contribution in [0.4, 0.5) is 0 Å².